The minimum atomic E-state index is -0.115. The van der Waals surface area contributed by atoms with Crippen molar-refractivity contribution in [3.8, 4) is 0 Å². The van der Waals surface area contributed by atoms with Gasteiger partial charge in [-0.3, -0.25) is 0 Å². The topological polar surface area (TPSA) is 44.5 Å². The third-order valence-corrected chi connectivity index (χ3v) is 4.32. The van der Waals surface area contributed by atoms with Crippen molar-refractivity contribution in [2.24, 2.45) is 5.73 Å². The van der Waals surface area contributed by atoms with E-state index >= 15 is 0 Å². The van der Waals surface area contributed by atoms with Gasteiger partial charge < -0.3 is 15.2 Å². The first-order valence-electron chi connectivity index (χ1n) is 8.22. The van der Waals surface area contributed by atoms with Crippen LogP contribution in [0.1, 0.15) is 71.6 Å². The molecular formula is C16H33NO2. The molecule has 1 atom stereocenters. The van der Waals surface area contributed by atoms with Crippen molar-refractivity contribution in [3.05, 3.63) is 0 Å². The van der Waals surface area contributed by atoms with E-state index in [1.807, 2.05) is 0 Å². The van der Waals surface area contributed by atoms with Gasteiger partial charge in [0, 0.05) is 38.7 Å². The molecule has 0 aromatic carbocycles. The lowest BCUT2D eigenvalue weighted by molar-refractivity contribution is -0.121. The van der Waals surface area contributed by atoms with Crippen LogP contribution in [0.4, 0.5) is 0 Å². The summed E-state index contributed by atoms with van der Waals surface area (Å²) in [5.41, 5.74) is 6.32. The van der Waals surface area contributed by atoms with Gasteiger partial charge in [-0.15, -0.1) is 0 Å². The minimum Gasteiger partial charge on any atom is -0.381 e. The van der Waals surface area contributed by atoms with E-state index in [1.54, 1.807) is 0 Å². The Morgan fingerprint density at radius 1 is 1.05 bits per heavy atom. The summed E-state index contributed by atoms with van der Waals surface area (Å²) in [5, 5.41) is 0. The zero-order chi connectivity index (χ0) is 14.0. The number of rotatable bonds is 10. The van der Waals surface area contributed by atoms with Gasteiger partial charge in [-0.2, -0.15) is 0 Å². The van der Waals surface area contributed by atoms with Crippen molar-refractivity contribution in [3.63, 3.8) is 0 Å². The third kappa shape index (κ3) is 5.80. The fourth-order valence-electron chi connectivity index (χ4n) is 3.03. The zero-order valence-corrected chi connectivity index (χ0v) is 13.0. The van der Waals surface area contributed by atoms with Crippen LogP contribution in [-0.2, 0) is 9.47 Å². The Kier molecular flexibility index (Phi) is 8.67. The second-order valence-corrected chi connectivity index (χ2v) is 5.77. The number of hydrogen-bond donors (Lipinski definition) is 1. The lowest BCUT2D eigenvalue weighted by Gasteiger charge is -2.41. The SMILES string of the molecule is CCCCCCCCC(N)C1(OCC)CCOCC1. The Morgan fingerprint density at radius 2 is 1.68 bits per heavy atom. The van der Waals surface area contributed by atoms with E-state index in [1.165, 1.54) is 38.5 Å². The lowest BCUT2D eigenvalue weighted by Crippen LogP contribution is -2.53. The van der Waals surface area contributed by atoms with Crippen LogP contribution in [0.3, 0.4) is 0 Å². The monoisotopic (exact) mass is 271 g/mol. The van der Waals surface area contributed by atoms with Crippen LogP contribution in [0.2, 0.25) is 0 Å². The quantitative estimate of drug-likeness (QED) is 0.617. The van der Waals surface area contributed by atoms with Crippen molar-refractivity contribution in [1.82, 2.24) is 0 Å². The van der Waals surface area contributed by atoms with Crippen LogP contribution in [0, 0.1) is 0 Å². The summed E-state index contributed by atoms with van der Waals surface area (Å²) >= 11 is 0. The van der Waals surface area contributed by atoms with Gasteiger partial charge >= 0.3 is 0 Å². The molecule has 1 aliphatic heterocycles. The molecule has 1 aliphatic rings. The van der Waals surface area contributed by atoms with Gasteiger partial charge in [0.2, 0.25) is 0 Å². The van der Waals surface area contributed by atoms with Gasteiger partial charge in [-0.1, -0.05) is 45.4 Å². The highest BCUT2D eigenvalue weighted by atomic mass is 16.5. The standard InChI is InChI=1S/C16H33NO2/c1-3-5-6-7-8-9-10-15(17)16(19-4-2)11-13-18-14-12-16/h15H,3-14,17H2,1-2H3. The molecular weight excluding hydrogens is 238 g/mol. The van der Waals surface area contributed by atoms with Crippen LogP contribution in [-0.4, -0.2) is 31.5 Å². The molecule has 1 fully saturated rings. The number of hydrogen-bond acceptors (Lipinski definition) is 3. The number of nitrogens with two attached hydrogens (primary N) is 1. The second kappa shape index (κ2) is 9.73. The lowest BCUT2D eigenvalue weighted by atomic mass is 9.83. The summed E-state index contributed by atoms with van der Waals surface area (Å²) in [6, 6.07) is 0.169. The van der Waals surface area contributed by atoms with Gasteiger partial charge in [-0.05, 0) is 13.3 Å². The molecule has 1 saturated heterocycles. The van der Waals surface area contributed by atoms with E-state index in [-0.39, 0.29) is 11.6 Å². The predicted molar refractivity (Wildman–Crippen MR) is 80.4 cm³/mol. The highest BCUT2D eigenvalue weighted by molar-refractivity contribution is 4.93. The molecule has 3 heteroatoms. The third-order valence-electron chi connectivity index (χ3n) is 4.32. The van der Waals surface area contributed by atoms with Crippen molar-refractivity contribution in [2.45, 2.75) is 83.3 Å². The average molecular weight is 271 g/mol. The van der Waals surface area contributed by atoms with Gasteiger partial charge in [0.15, 0.2) is 0 Å². The van der Waals surface area contributed by atoms with Gasteiger partial charge in [0.1, 0.15) is 0 Å². The molecule has 0 spiro atoms. The van der Waals surface area contributed by atoms with Crippen LogP contribution in [0.25, 0.3) is 0 Å². The molecule has 0 bridgehead atoms. The van der Waals surface area contributed by atoms with E-state index < -0.39 is 0 Å². The summed E-state index contributed by atoms with van der Waals surface area (Å²) in [5.74, 6) is 0. The summed E-state index contributed by atoms with van der Waals surface area (Å²) < 4.78 is 11.5. The molecule has 19 heavy (non-hydrogen) atoms. The van der Waals surface area contributed by atoms with E-state index in [2.05, 4.69) is 13.8 Å². The molecule has 3 nitrogen and oxygen atoms in total. The highest BCUT2D eigenvalue weighted by Crippen LogP contribution is 2.30. The Balaban J connectivity index is 2.25. The molecule has 0 saturated carbocycles. The zero-order valence-electron chi connectivity index (χ0n) is 13.0. The summed E-state index contributed by atoms with van der Waals surface area (Å²) in [7, 11) is 0. The van der Waals surface area contributed by atoms with E-state index in [0.29, 0.717) is 0 Å². The fraction of sp³-hybridized carbons (Fsp3) is 1.00. The molecule has 0 aliphatic carbocycles. The molecule has 2 N–H and O–H groups in total. The van der Waals surface area contributed by atoms with Crippen molar-refractivity contribution < 1.29 is 9.47 Å². The summed E-state index contributed by atoms with van der Waals surface area (Å²) in [6.07, 6.45) is 11.0. The molecule has 0 aromatic rings. The molecule has 114 valence electrons. The average Bonchev–Trinajstić information content (AvgIpc) is 2.44. The Bertz CT molecular complexity index is 209. The first-order chi connectivity index (χ1) is 9.25. The highest BCUT2D eigenvalue weighted by Gasteiger charge is 2.38. The van der Waals surface area contributed by atoms with Crippen LogP contribution in [0.5, 0.6) is 0 Å². The maximum atomic E-state index is 6.43. The normalized spacial score (nSPS) is 20.4. The van der Waals surface area contributed by atoms with E-state index in [9.17, 15) is 0 Å². The number of ether oxygens (including phenoxy) is 2. The molecule has 0 aromatic heterocycles. The second-order valence-electron chi connectivity index (χ2n) is 5.77. The molecule has 1 unspecified atom stereocenters. The van der Waals surface area contributed by atoms with Gasteiger partial charge in [-0.25, -0.2) is 0 Å². The van der Waals surface area contributed by atoms with E-state index in [4.69, 9.17) is 15.2 Å². The smallest absolute Gasteiger partial charge is 0.0876 e. The van der Waals surface area contributed by atoms with Crippen LogP contribution >= 0.6 is 0 Å². The summed E-state index contributed by atoms with van der Waals surface area (Å²) in [4.78, 5) is 0. The van der Waals surface area contributed by atoms with E-state index in [0.717, 1.165) is 39.1 Å². The first kappa shape index (κ1) is 16.9. The fourth-order valence-corrected chi connectivity index (χ4v) is 3.03. The Morgan fingerprint density at radius 3 is 2.32 bits per heavy atom. The van der Waals surface area contributed by atoms with Gasteiger partial charge in [0.25, 0.3) is 0 Å². The Labute approximate surface area is 119 Å². The van der Waals surface area contributed by atoms with Crippen molar-refractivity contribution >= 4 is 0 Å². The minimum absolute atomic E-state index is 0.115. The van der Waals surface area contributed by atoms with Crippen molar-refractivity contribution in [1.29, 1.82) is 0 Å². The van der Waals surface area contributed by atoms with Crippen molar-refractivity contribution in [2.75, 3.05) is 19.8 Å². The molecule has 1 heterocycles. The molecule has 0 radical (unpaired) electrons. The number of unbranched alkanes of at least 4 members (excludes halogenated alkanes) is 5. The summed E-state index contributed by atoms with van der Waals surface area (Å²) in [6.45, 7) is 6.67. The molecule has 1 rings (SSSR count). The maximum absolute atomic E-state index is 6.43. The van der Waals surface area contributed by atoms with Crippen LogP contribution < -0.4 is 5.73 Å². The maximum Gasteiger partial charge on any atom is 0.0876 e. The largest absolute Gasteiger partial charge is 0.381 e. The predicted octanol–water partition coefficient (Wildman–Crippen LogP) is 3.65. The molecule has 0 amide bonds. The van der Waals surface area contributed by atoms with Crippen LogP contribution in [0.15, 0.2) is 0 Å². The van der Waals surface area contributed by atoms with Gasteiger partial charge in [0.05, 0.1) is 5.60 Å². The Hall–Kier alpha value is -0.120. The first-order valence-corrected chi connectivity index (χ1v) is 8.22.